The molecule has 0 fully saturated rings. The minimum atomic E-state index is -0.329. The number of phenolic OH excluding ortho intramolecular Hbond substituents is 1. The molecule has 108 valence electrons. The Morgan fingerprint density at radius 3 is 2.67 bits per heavy atom. The highest BCUT2D eigenvalue weighted by Gasteiger charge is 2.04. The number of ether oxygens (including phenoxy) is 1. The van der Waals surface area contributed by atoms with E-state index in [1.54, 1.807) is 43.5 Å². The van der Waals surface area contributed by atoms with Gasteiger partial charge in [0.2, 0.25) is 0 Å². The Morgan fingerprint density at radius 1 is 1.29 bits per heavy atom. The van der Waals surface area contributed by atoms with E-state index in [4.69, 9.17) is 4.74 Å². The van der Waals surface area contributed by atoms with Crippen LogP contribution < -0.4 is 10.2 Å². The Morgan fingerprint density at radius 2 is 2.00 bits per heavy atom. The van der Waals surface area contributed by atoms with Crippen LogP contribution in [0.1, 0.15) is 15.9 Å². The number of rotatable bonds is 4. The van der Waals surface area contributed by atoms with Crippen molar-refractivity contribution in [3.05, 3.63) is 58.1 Å². The highest BCUT2D eigenvalue weighted by Crippen LogP contribution is 2.19. The first kappa shape index (κ1) is 15.1. The average Bonchev–Trinajstić information content (AvgIpc) is 2.50. The van der Waals surface area contributed by atoms with E-state index < -0.39 is 0 Å². The van der Waals surface area contributed by atoms with Gasteiger partial charge in [0.25, 0.3) is 5.91 Å². The van der Waals surface area contributed by atoms with Crippen LogP contribution in [0.2, 0.25) is 0 Å². The van der Waals surface area contributed by atoms with Crippen LogP contribution in [0.4, 0.5) is 0 Å². The fraction of sp³-hybridized carbons (Fsp3) is 0.0667. The summed E-state index contributed by atoms with van der Waals surface area (Å²) < 4.78 is 5.79. The lowest BCUT2D eigenvalue weighted by Crippen LogP contribution is -2.17. The Balaban J connectivity index is 2.02. The minimum absolute atomic E-state index is 0.126. The van der Waals surface area contributed by atoms with Crippen LogP contribution in [-0.2, 0) is 0 Å². The van der Waals surface area contributed by atoms with Gasteiger partial charge in [-0.25, -0.2) is 5.43 Å². The van der Waals surface area contributed by atoms with E-state index in [0.717, 1.165) is 4.47 Å². The number of phenols is 1. The number of nitrogens with zero attached hydrogens (tertiary/aromatic N) is 1. The van der Waals surface area contributed by atoms with E-state index in [2.05, 4.69) is 26.5 Å². The summed E-state index contributed by atoms with van der Waals surface area (Å²) in [5, 5.41) is 13.3. The van der Waals surface area contributed by atoms with E-state index in [1.807, 2.05) is 0 Å². The summed E-state index contributed by atoms with van der Waals surface area (Å²) in [6.45, 7) is 0. The fourth-order valence-electron chi connectivity index (χ4n) is 1.60. The zero-order chi connectivity index (χ0) is 15.2. The molecular formula is C15H13BrN2O3. The fourth-order valence-corrected chi connectivity index (χ4v) is 1.95. The molecule has 0 aliphatic rings. The molecule has 0 radical (unpaired) electrons. The van der Waals surface area contributed by atoms with Gasteiger partial charge in [-0.15, -0.1) is 0 Å². The quantitative estimate of drug-likeness (QED) is 0.659. The second-order valence-electron chi connectivity index (χ2n) is 4.13. The number of carbonyl (C=O) groups excluding carboxylic acids is 1. The normalized spacial score (nSPS) is 10.6. The van der Waals surface area contributed by atoms with E-state index in [-0.39, 0.29) is 11.7 Å². The van der Waals surface area contributed by atoms with Gasteiger partial charge < -0.3 is 9.84 Å². The number of hydrazone groups is 1. The molecule has 0 saturated heterocycles. The van der Waals surface area contributed by atoms with Crippen LogP contribution in [0, 0.1) is 0 Å². The molecule has 0 aliphatic heterocycles. The minimum Gasteiger partial charge on any atom is -0.508 e. The molecule has 1 amide bonds. The van der Waals surface area contributed by atoms with Gasteiger partial charge in [0.15, 0.2) is 0 Å². The third-order valence-corrected chi connectivity index (χ3v) is 3.42. The molecule has 0 aromatic heterocycles. The van der Waals surface area contributed by atoms with Crippen molar-refractivity contribution >= 4 is 28.1 Å². The number of benzene rings is 2. The molecule has 5 nitrogen and oxygen atoms in total. The Hall–Kier alpha value is -2.34. The number of aromatic hydroxyl groups is 1. The lowest BCUT2D eigenvalue weighted by atomic mass is 10.2. The summed E-state index contributed by atoms with van der Waals surface area (Å²) in [5.74, 6) is 0.477. The highest BCUT2D eigenvalue weighted by atomic mass is 79.9. The molecule has 0 bridgehead atoms. The van der Waals surface area contributed by atoms with Gasteiger partial charge in [0, 0.05) is 15.6 Å². The third-order valence-electron chi connectivity index (χ3n) is 2.70. The first-order valence-corrected chi connectivity index (χ1v) is 6.85. The zero-order valence-electron chi connectivity index (χ0n) is 11.2. The summed E-state index contributed by atoms with van der Waals surface area (Å²) in [5.41, 5.74) is 3.55. The van der Waals surface area contributed by atoms with E-state index >= 15 is 0 Å². The largest absolute Gasteiger partial charge is 0.508 e. The predicted molar refractivity (Wildman–Crippen MR) is 83.9 cm³/mol. The molecular weight excluding hydrogens is 336 g/mol. The van der Waals surface area contributed by atoms with Crippen molar-refractivity contribution in [3.8, 4) is 11.5 Å². The highest BCUT2D eigenvalue weighted by molar-refractivity contribution is 9.10. The molecule has 0 spiro atoms. The average molecular weight is 349 g/mol. The number of carbonyl (C=O) groups is 1. The molecule has 0 atom stereocenters. The lowest BCUT2D eigenvalue weighted by molar-refractivity contribution is 0.0955. The monoisotopic (exact) mass is 348 g/mol. The van der Waals surface area contributed by atoms with Crippen molar-refractivity contribution in [2.75, 3.05) is 7.11 Å². The molecule has 0 heterocycles. The van der Waals surface area contributed by atoms with Crippen LogP contribution in [-0.4, -0.2) is 24.3 Å². The van der Waals surface area contributed by atoms with E-state index in [9.17, 15) is 9.90 Å². The van der Waals surface area contributed by atoms with E-state index in [0.29, 0.717) is 16.9 Å². The maximum atomic E-state index is 11.9. The summed E-state index contributed by atoms with van der Waals surface area (Å²) >= 11 is 3.33. The molecule has 0 saturated carbocycles. The summed E-state index contributed by atoms with van der Waals surface area (Å²) in [7, 11) is 1.56. The van der Waals surface area contributed by atoms with Crippen LogP contribution in [0.5, 0.6) is 11.5 Å². The summed E-state index contributed by atoms with van der Waals surface area (Å²) in [6, 6.07) is 11.5. The topological polar surface area (TPSA) is 70.9 Å². The standard InChI is InChI=1S/C15H13BrN2O3/c1-21-13-5-2-10(3-6-13)15(20)18-17-9-11-8-12(19)4-7-14(11)16/h2-9,19H,1H3,(H,18,20)/b17-9-. The van der Waals surface area contributed by atoms with Crippen LogP contribution in [0.15, 0.2) is 52.0 Å². The Kier molecular flexibility index (Phi) is 4.94. The van der Waals surface area contributed by atoms with Gasteiger partial charge in [-0.2, -0.15) is 5.10 Å². The summed E-state index contributed by atoms with van der Waals surface area (Å²) in [4.78, 5) is 11.9. The lowest BCUT2D eigenvalue weighted by Gasteiger charge is -2.02. The van der Waals surface area contributed by atoms with Gasteiger partial charge >= 0.3 is 0 Å². The van der Waals surface area contributed by atoms with Crippen molar-refractivity contribution in [2.45, 2.75) is 0 Å². The number of hydrogen-bond donors (Lipinski definition) is 2. The van der Waals surface area contributed by atoms with Crippen LogP contribution >= 0.6 is 15.9 Å². The first-order valence-electron chi connectivity index (χ1n) is 6.06. The van der Waals surface area contributed by atoms with E-state index in [1.165, 1.54) is 12.3 Å². The van der Waals surface area contributed by atoms with Crippen LogP contribution in [0.3, 0.4) is 0 Å². The Labute approximate surface area is 130 Å². The molecule has 6 heteroatoms. The molecule has 0 aliphatic carbocycles. The first-order chi connectivity index (χ1) is 10.1. The Bertz CT molecular complexity index is 669. The second-order valence-corrected chi connectivity index (χ2v) is 4.99. The molecule has 2 N–H and O–H groups in total. The van der Waals surface area contributed by atoms with Gasteiger partial charge in [-0.3, -0.25) is 4.79 Å². The molecule has 2 rings (SSSR count). The van der Waals surface area contributed by atoms with Gasteiger partial charge in [0.05, 0.1) is 13.3 Å². The van der Waals surface area contributed by atoms with Crippen LogP contribution in [0.25, 0.3) is 0 Å². The predicted octanol–water partition coefficient (Wildman–Crippen LogP) is 2.93. The van der Waals surface area contributed by atoms with Crippen molar-refractivity contribution < 1.29 is 14.6 Å². The zero-order valence-corrected chi connectivity index (χ0v) is 12.8. The number of nitrogens with one attached hydrogen (secondary N) is 1. The third kappa shape index (κ3) is 4.06. The maximum Gasteiger partial charge on any atom is 0.271 e. The SMILES string of the molecule is COc1ccc(C(=O)N/N=C\c2cc(O)ccc2Br)cc1. The number of amides is 1. The van der Waals surface area contributed by atoms with Gasteiger partial charge in [-0.1, -0.05) is 15.9 Å². The summed E-state index contributed by atoms with van der Waals surface area (Å²) in [6.07, 6.45) is 1.45. The van der Waals surface area contributed by atoms with Crippen molar-refractivity contribution in [2.24, 2.45) is 5.10 Å². The number of halogens is 1. The molecule has 2 aromatic rings. The van der Waals surface area contributed by atoms with Gasteiger partial charge in [-0.05, 0) is 42.5 Å². The number of methoxy groups -OCH3 is 1. The maximum absolute atomic E-state index is 11.9. The molecule has 2 aromatic carbocycles. The molecule has 21 heavy (non-hydrogen) atoms. The van der Waals surface area contributed by atoms with Crippen molar-refractivity contribution in [1.29, 1.82) is 0 Å². The van der Waals surface area contributed by atoms with Crippen molar-refractivity contribution in [1.82, 2.24) is 5.43 Å². The number of hydrogen-bond acceptors (Lipinski definition) is 4. The molecule has 0 unspecified atom stereocenters. The smallest absolute Gasteiger partial charge is 0.271 e. The van der Waals surface area contributed by atoms with Crippen molar-refractivity contribution in [3.63, 3.8) is 0 Å². The van der Waals surface area contributed by atoms with Gasteiger partial charge in [0.1, 0.15) is 11.5 Å². The second kappa shape index (κ2) is 6.90.